The second kappa shape index (κ2) is 6.40. The molecule has 19 heavy (non-hydrogen) atoms. The van der Waals surface area contributed by atoms with Gasteiger partial charge in [-0.2, -0.15) is 0 Å². The molecule has 0 bridgehead atoms. The molecule has 0 saturated heterocycles. The lowest BCUT2D eigenvalue weighted by Gasteiger charge is -2.07. The molecule has 0 aliphatic rings. The van der Waals surface area contributed by atoms with Gasteiger partial charge < -0.3 is 9.57 Å². The van der Waals surface area contributed by atoms with Gasteiger partial charge in [-0.1, -0.05) is 42.1 Å². The normalized spacial score (nSPS) is 10.9. The second-order valence-corrected chi connectivity index (χ2v) is 3.81. The number of methoxy groups -OCH3 is 1. The molecule has 0 spiro atoms. The highest BCUT2D eigenvalue weighted by molar-refractivity contribution is 6.12. The lowest BCUT2D eigenvalue weighted by atomic mass is 10.0. The van der Waals surface area contributed by atoms with Crippen LogP contribution < -0.4 is 4.74 Å². The predicted molar refractivity (Wildman–Crippen MR) is 76.4 cm³/mol. The zero-order valence-corrected chi connectivity index (χ0v) is 10.7. The van der Waals surface area contributed by atoms with Gasteiger partial charge in [-0.3, -0.25) is 0 Å². The topological polar surface area (TPSA) is 30.8 Å². The van der Waals surface area contributed by atoms with Crippen LogP contribution in [0.1, 0.15) is 11.1 Å². The number of oxime groups is 1. The molecule has 0 fully saturated rings. The molecule has 0 heterocycles. The van der Waals surface area contributed by atoms with Crippen LogP contribution in [0.25, 0.3) is 0 Å². The van der Waals surface area contributed by atoms with E-state index in [2.05, 4.69) is 11.7 Å². The van der Waals surface area contributed by atoms with Gasteiger partial charge in [-0.05, 0) is 24.3 Å². The minimum atomic E-state index is 0.753. The summed E-state index contributed by atoms with van der Waals surface area (Å²) in [4.78, 5) is 4.98. The summed E-state index contributed by atoms with van der Waals surface area (Å²) in [6.45, 7) is 3.50. The number of hydrogen-bond donors (Lipinski definition) is 0. The Labute approximate surface area is 112 Å². The fourth-order valence-electron chi connectivity index (χ4n) is 1.71. The van der Waals surface area contributed by atoms with Crippen LogP contribution in [0.2, 0.25) is 0 Å². The van der Waals surface area contributed by atoms with Crippen molar-refractivity contribution in [2.24, 2.45) is 5.16 Å². The van der Waals surface area contributed by atoms with Crippen LogP contribution >= 0.6 is 0 Å². The van der Waals surface area contributed by atoms with Gasteiger partial charge in [-0.15, -0.1) is 0 Å². The monoisotopic (exact) mass is 253 g/mol. The molecule has 0 atom stereocenters. The molecule has 0 aliphatic heterocycles. The van der Waals surface area contributed by atoms with Gasteiger partial charge in [0.2, 0.25) is 0 Å². The summed E-state index contributed by atoms with van der Waals surface area (Å²) in [5.41, 5.74) is 2.69. The van der Waals surface area contributed by atoms with Gasteiger partial charge in [-0.25, -0.2) is 0 Å². The summed E-state index contributed by atoms with van der Waals surface area (Å²) < 4.78 is 5.15. The molecule has 0 amide bonds. The standard InChI is InChI=1S/C16H15NO2/c1-3-19-17-16(13-7-5-4-6-8-13)14-9-11-15(18-2)12-10-14/h3-12H,1H2,2H3/b17-16+. The zero-order valence-electron chi connectivity index (χ0n) is 10.7. The van der Waals surface area contributed by atoms with E-state index in [1.807, 2.05) is 54.6 Å². The van der Waals surface area contributed by atoms with Crippen LogP contribution in [0.3, 0.4) is 0 Å². The molecule has 0 unspecified atom stereocenters. The number of nitrogens with zero attached hydrogens (tertiary/aromatic N) is 1. The van der Waals surface area contributed by atoms with Crippen LogP contribution in [-0.4, -0.2) is 12.8 Å². The molecular weight excluding hydrogens is 238 g/mol. The van der Waals surface area contributed by atoms with E-state index in [0.29, 0.717) is 0 Å². The van der Waals surface area contributed by atoms with Crippen molar-refractivity contribution in [2.75, 3.05) is 7.11 Å². The summed E-state index contributed by atoms with van der Waals surface area (Å²) in [7, 11) is 1.64. The van der Waals surface area contributed by atoms with Gasteiger partial charge >= 0.3 is 0 Å². The highest BCUT2D eigenvalue weighted by atomic mass is 16.6. The smallest absolute Gasteiger partial charge is 0.118 e. The minimum absolute atomic E-state index is 0.753. The molecule has 0 saturated carbocycles. The van der Waals surface area contributed by atoms with Crippen molar-refractivity contribution in [2.45, 2.75) is 0 Å². The van der Waals surface area contributed by atoms with Crippen molar-refractivity contribution in [3.8, 4) is 5.75 Å². The Morgan fingerprint density at radius 3 is 2.21 bits per heavy atom. The van der Waals surface area contributed by atoms with E-state index in [1.54, 1.807) is 7.11 Å². The molecule has 2 aromatic rings. The van der Waals surface area contributed by atoms with Gasteiger partial charge in [0.25, 0.3) is 0 Å². The van der Waals surface area contributed by atoms with Crippen LogP contribution in [0.4, 0.5) is 0 Å². The van der Waals surface area contributed by atoms with Crippen molar-refractivity contribution < 1.29 is 9.57 Å². The first-order valence-corrected chi connectivity index (χ1v) is 5.89. The maximum atomic E-state index is 5.15. The fourth-order valence-corrected chi connectivity index (χ4v) is 1.71. The Balaban J connectivity index is 2.40. The summed E-state index contributed by atoms with van der Waals surface area (Å²) in [6, 6.07) is 17.5. The van der Waals surface area contributed by atoms with Gasteiger partial charge in [0, 0.05) is 11.1 Å². The molecule has 0 aliphatic carbocycles. The first kappa shape index (κ1) is 12.9. The first-order chi connectivity index (χ1) is 9.35. The number of hydrogen-bond acceptors (Lipinski definition) is 3. The molecule has 2 rings (SSSR count). The third kappa shape index (κ3) is 3.22. The van der Waals surface area contributed by atoms with E-state index in [-0.39, 0.29) is 0 Å². The van der Waals surface area contributed by atoms with Crippen LogP contribution in [0, 0.1) is 0 Å². The lowest BCUT2D eigenvalue weighted by Crippen LogP contribution is -2.03. The highest BCUT2D eigenvalue weighted by Gasteiger charge is 2.07. The highest BCUT2D eigenvalue weighted by Crippen LogP contribution is 2.16. The van der Waals surface area contributed by atoms with Crippen LogP contribution in [0.5, 0.6) is 5.75 Å². The molecule has 3 nitrogen and oxygen atoms in total. The van der Waals surface area contributed by atoms with E-state index in [0.717, 1.165) is 22.6 Å². The maximum absolute atomic E-state index is 5.15. The zero-order chi connectivity index (χ0) is 13.5. The van der Waals surface area contributed by atoms with Crippen molar-refractivity contribution in [1.29, 1.82) is 0 Å². The lowest BCUT2D eigenvalue weighted by molar-refractivity contribution is 0.270. The molecule has 0 radical (unpaired) electrons. The van der Waals surface area contributed by atoms with Crippen molar-refractivity contribution in [1.82, 2.24) is 0 Å². The van der Waals surface area contributed by atoms with E-state index in [9.17, 15) is 0 Å². The van der Waals surface area contributed by atoms with E-state index >= 15 is 0 Å². The van der Waals surface area contributed by atoms with Gasteiger partial charge in [0.15, 0.2) is 0 Å². The van der Waals surface area contributed by atoms with Gasteiger partial charge in [0.1, 0.15) is 17.7 Å². The average molecular weight is 253 g/mol. The molecule has 0 N–H and O–H groups in total. The minimum Gasteiger partial charge on any atom is -0.497 e. The Morgan fingerprint density at radius 1 is 1.00 bits per heavy atom. The third-order valence-electron chi connectivity index (χ3n) is 2.63. The molecular formula is C16H15NO2. The SMILES string of the molecule is C=CO/N=C(\c1ccccc1)c1ccc(OC)cc1. The largest absolute Gasteiger partial charge is 0.497 e. The summed E-state index contributed by atoms with van der Waals surface area (Å²) in [5, 5.41) is 4.10. The van der Waals surface area contributed by atoms with Crippen LogP contribution in [-0.2, 0) is 4.84 Å². The van der Waals surface area contributed by atoms with Crippen molar-refractivity contribution in [3.05, 3.63) is 78.6 Å². The first-order valence-electron chi connectivity index (χ1n) is 5.89. The van der Waals surface area contributed by atoms with E-state index in [1.165, 1.54) is 6.26 Å². The second-order valence-electron chi connectivity index (χ2n) is 3.81. The number of rotatable bonds is 5. The average Bonchev–Trinajstić information content (AvgIpc) is 2.49. The predicted octanol–water partition coefficient (Wildman–Crippen LogP) is 3.61. The Hall–Kier alpha value is -2.55. The molecule has 3 heteroatoms. The van der Waals surface area contributed by atoms with E-state index in [4.69, 9.17) is 9.57 Å². The quantitative estimate of drug-likeness (QED) is 0.463. The molecule has 0 aromatic heterocycles. The summed E-state index contributed by atoms with van der Waals surface area (Å²) in [6.07, 6.45) is 1.30. The summed E-state index contributed by atoms with van der Waals surface area (Å²) in [5.74, 6) is 0.806. The number of benzene rings is 2. The van der Waals surface area contributed by atoms with Gasteiger partial charge in [0.05, 0.1) is 7.11 Å². The Morgan fingerprint density at radius 2 is 1.63 bits per heavy atom. The Kier molecular flexibility index (Phi) is 4.34. The van der Waals surface area contributed by atoms with Crippen molar-refractivity contribution >= 4 is 5.71 Å². The number of ether oxygens (including phenoxy) is 1. The maximum Gasteiger partial charge on any atom is 0.118 e. The third-order valence-corrected chi connectivity index (χ3v) is 2.63. The Bertz CT molecular complexity index is 559. The van der Waals surface area contributed by atoms with E-state index < -0.39 is 0 Å². The molecule has 96 valence electrons. The summed E-state index contributed by atoms with van der Waals surface area (Å²) >= 11 is 0. The van der Waals surface area contributed by atoms with Crippen molar-refractivity contribution in [3.63, 3.8) is 0 Å². The fraction of sp³-hybridized carbons (Fsp3) is 0.0625. The molecule has 2 aromatic carbocycles. The van der Waals surface area contributed by atoms with Crippen LogP contribution in [0.15, 0.2) is 72.6 Å².